The molecular weight excluding hydrogens is 346 g/mol. The van der Waals surface area contributed by atoms with Crippen molar-refractivity contribution in [2.24, 2.45) is 0 Å². The fourth-order valence-corrected chi connectivity index (χ4v) is 3.74. The highest BCUT2D eigenvalue weighted by Gasteiger charge is 2.33. The van der Waals surface area contributed by atoms with E-state index >= 15 is 0 Å². The van der Waals surface area contributed by atoms with Crippen molar-refractivity contribution in [2.75, 3.05) is 13.7 Å². The zero-order chi connectivity index (χ0) is 17.3. The summed E-state index contributed by atoms with van der Waals surface area (Å²) < 4.78 is 5.65. The number of rotatable bonds is 4. The molecule has 1 heterocycles. The number of benzene rings is 2. The molecule has 1 saturated heterocycles. The summed E-state index contributed by atoms with van der Waals surface area (Å²) in [6.07, 6.45) is 1.71. The molecule has 1 fully saturated rings. The first-order valence-electron chi connectivity index (χ1n) is 7.04. The van der Waals surface area contributed by atoms with E-state index in [4.69, 9.17) is 22.1 Å². The molecule has 7 heteroatoms. The van der Waals surface area contributed by atoms with Crippen molar-refractivity contribution < 1.29 is 19.4 Å². The van der Waals surface area contributed by atoms with Crippen molar-refractivity contribution in [1.82, 2.24) is 4.90 Å². The third-order valence-electron chi connectivity index (χ3n) is 3.59. The highest BCUT2D eigenvalue weighted by atomic mass is 32.2. The van der Waals surface area contributed by atoms with E-state index in [1.807, 2.05) is 36.4 Å². The van der Waals surface area contributed by atoms with Gasteiger partial charge in [-0.15, -0.1) is 0 Å². The lowest BCUT2D eigenvalue weighted by Crippen LogP contribution is -2.33. The number of carboxylic acids is 1. The van der Waals surface area contributed by atoms with E-state index in [0.717, 1.165) is 33.0 Å². The van der Waals surface area contributed by atoms with Crippen LogP contribution in [0.4, 0.5) is 0 Å². The Kier molecular flexibility index (Phi) is 4.55. The molecule has 0 aliphatic carbocycles. The highest BCUT2D eigenvalue weighted by molar-refractivity contribution is 8.26. The summed E-state index contributed by atoms with van der Waals surface area (Å²) in [6.45, 7) is -0.436. The highest BCUT2D eigenvalue weighted by Crippen LogP contribution is 2.36. The van der Waals surface area contributed by atoms with Crippen molar-refractivity contribution >= 4 is 57.0 Å². The quantitative estimate of drug-likeness (QED) is 0.668. The van der Waals surface area contributed by atoms with Crippen LogP contribution < -0.4 is 4.74 Å². The molecule has 1 N–H and O–H groups in total. The number of amides is 1. The number of nitrogens with zero attached hydrogens (tertiary/aromatic N) is 1. The maximum absolute atomic E-state index is 12.4. The molecule has 0 bridgehead atoms. The summed E-state index contributed by atoms with van der Waals surface area (Å²) in [4.78, 5) is 24.8. The molecule has 122 valence electrons. The molecule has 1 aliphatic rings. The Morgan fingerprint density at radius 2 is 2.08 bits per heavy atom. The Balaban J connectivity index is 2.09. The molecule has 2 aromatic carbocycles. The van der Waals surface area contributed by atoms with E-state index < -0.39 is 18.4 Å². The lowest BCUT2D eigenvalue weighted by molar-refractivity contribution is -0.140. The summed E-state index contributed by atoms with van der Waals surface area (Å²) in [7, 11) is 1.57. The first-order valence-corrected chi connectivity index (χ1v) is 8.26. The number of carbonyl (C=O) groups excluding carboxylic acids is 1. The van der Waals surface area contributed by atoms with Gasteiger partial charge in [-0.3, -0.25) is 14.5 Å². The van der Waals surface area contributed by atoms with E-state index in [2.05, 4.69) is 0 Å². The van der Waals surface area contributed by atoms with Crippen molar-refractivity contribution in [3.05, 3.63) is 46.9 Å². The molecule has 0 radical (unpaired) electrons. The fraction of sp³-hybridized carbons (Fsp3) is 0.118. The SMILES string of the molecule is COc1ccc2ccccc2c1/C=C1\SC(=S)N(CC(=O)O)C1=O. The summed E-state index contributed by atoms with van der Waals surface area (Å²) in [5.41, 5.74) is 0.770. The van der Waals surface area contributed by atoms with E-state index in [0.29, 0.717) is 10.7 Å². The Labute approximate surface area is 147 Å². The summed E-state index contributed by atoms with van der Waals surface area (Å²) >= 11 is 6.22. The number of hydrogen-bond acceptors (Lipinski definition) is 5. The number of ether oxygens (including phenoxy) is 1. The minimum Gasteiger partial charge on any atom is -0.496 e. The van der Waals surface area contributed by atoms with Gasteiger partial charge in [0, 0.05) is 5.56 Å². The van der Waals surface area contributed by atoms with Gasteiger partial charge in [-0.05, 0) is 22.9 Å². The molecule has 0 atom stereocenters. The number of hydrogen-bond donors (Lipinski definition) is 1. The van der Waals surface area contributed by atoms with Gasteiger partial charge in [0.1, 0.15) is 16.6 Å². The number of carbonyl (C=O) groups is 2. The Morgan fingerprint density at radius 3 is 2.79 bits per heavy atom. The average molecular weight is 359 g/mol. The summed E-state index contributed by atoms with van der Waals surface area (Å²) in [5.74, 6) is -0.866. The van der Waals surface area contributed by atoms with Gasteiger partial charge in [0.25, 0.3) is 5.91 Å². The van der Waals surface area contributed by atoms with Crippen LogP contribution in [0.25, 0.3) is 16.8 Å². The third-order valence-corrected chi connectivity index (χ3v) is 4.97. The van der Waals surface area contributed by atoms with Crippen LogP contribution in [0.2, 0.25) is 0 Å². The predicted molar refractivity (Wildman–Crippen MR) is 98.0 cm³/mol. The first kappa shape index (κ1) is 16.5. The predicted octanol–water partition coefficient (Wildman–Crippen LogP) is 3.13. The van der Waals surface area contributed by atoms with Gasteiger partial charge in [0.05, 0.1) is 12.0 Å². The summed E-state index contributed by atoms with van der Waals surface area (Å²) in [6, 6.07) is 11.6. The zero-order valence-electron chi connectivity index (χ0n) is 12.7. The van der Waals surface area contributed by atoms with Crippen LogP contribution in [0.3, 0.4) is 0 Å². The Bertz CT molecular complexity index is 891. The maximum atomic E-state index is 12.4. The fourth-order valence-electron chi connectivity index (χ4n) is 2.51. The maximum Gasteiger partial charge on any atom is 0.323 e. The van der Waals surface area contributed by atoms with E-state index in [1.165, 1.54) is 0 Å². The summed E-state index contributed by atoms with van der Waals surface area (Å²) in [5, 5.41) is 10.9. The van der Waals surface area contributed by atoms with E-state index in [-0.39, 0.29) is 4.32 Å². The number of thioether (sulfide) groups is 1. The molecule has 24 heavy (non-hydrogen) atoms. The van der Waals surface area contributed by atoms with Gasteiger partial charge in [0.15, 0.2) is 0 Å². The van der Waals surface area contributed by atoms with Crippen LogP contribution in [-0.4, -0.2) is 39.9 Å². The second-order valence-corrected chi connectivity index (χ2v) is 6.74. The van der Waals surface area contributed by atoms with Crippen LogP contribution in [0, 0.1) is 0 Å². The van der Waals surface area contributed by atoms with Gasteiger partial charge in [-0.1, -0.05) is 54.3 Å². The molecule has 1 aliphatic heterocycles. The number of aliphatic carboxylic acids is 1. The second-order valence-electron chi connectivity index (χ2n) is 5.06. The van der Waals surface area contributed by atoms with Crippen molar-refractivity contribution in [1.29, 1.82) is 0 Å². The molecule has 1 amide bonds. The number of methoxy groups -OCH3 is 1. The van der Waals surface area contributed by atoms with Crippen LogP contribution >= 0.6 is 24.0 Å². The number of carboxylic acid groups (broad SMARTS) is 1. The molecule has 3 rings (SSSR count). The minimum absolute atomic E-state index is 0.243. The van der Waals surface area contributed by atoms with Crippen molar-refractivity contribution in [3.63, 3.8) is 0 Å². The zero-order valence-corrected chi connectivity index (χ0v) is 14.3. The van der Waals surface area contributed by atoms with Crippen molar-refractivity contribution in [3.8, 4) is 5.75 Å². The first-order chi connectivity index (χ1) is 11.5. The Hall–Kier alpha value is -2.38. The molecule has 0 spiro atoms. The van der Waals surface area contributed by atoms with Crippen LogP contribution in [0.5, 0.6) is 5.75 Å². The topological polar surface area (TPSA) is 66.8 Å². The molecular formula is C17H13NO4S2. The second kappa shape index (κ2) is 6.62. The minimum atomic E-state index is -1.10. The van der Waals surface area contributed by atoms with Gasteiger partial charge >= 0.3 is 5.97 Å². The molecule has 2 aromatic rings. The largest absolute Gasteiger partial charge is 0.496 e. The Morgan fingerprint density at radius 1 is 1.33 bits per heavy atom. The average Bonchev–Trinajstić information content (AvgIpc) is 2.82. The van der Waals surface area contributed by atoms with Gasteiger partial charge in [0.2, 0.25) is 0 Å². The molecule has 0 unspecified atom stereocenters. The van der Waals surface area contributed by atoms with Crippen LogP contribution in [-0.2, 0) is 9.59 Å². The van der Waals surface area contributed by atoms with Gasteiger partial charge in [-0.25, -0.2) is 0 Å². The third kappa shape index (κ3) is 3.00. The standard InChI is InChI=1S/C17H13NO4S2/c1-22-13-7-6-10-4-2-3-5-11(10)12(13)8-14-16(21)18(9-15(19)20)17(23)24-14/h2-8H,9H2,1H3,(H,19,20)/b14-8-. The molecule has 0 aromatic heterocycles. The number of fused-ring (bicyclic) bond motifs is 1. The molecule has 5 nitrogen and oxygen atoms in total. The smallest absolute Gasteiger partial charge is 0.323 e. The molecule has 0 saturated carbocycles. The lowest BCUT2D eigenvalue weighted by atomic mass is 10.0. The van der Waals surface area contributed by atoms with Crippen LogP contribution in [0.15, 0.2) is 41.3 Å². The lowest BCUT2D eigenvalue weighted by Gasteiger charge is -2.11. The normalized spacial score (nSPS) is 16.2. The monoisotopic (exact) mass is 359 g/mol. The van der Waals surface area contributed by atoms with Gasteiger partial charge < -0.3 is 9.84 Å². The van der Waals surface area contributed by atoms with E-state index in [9.17, 15) is 9.59 Å². The van der Waals surface area contributed by atoms with E-state index in [1.54, 1.807) is 13.2 Å². The van der Waals surface area contributed by atoms with Crippen LogP contribution in [0.1, 0.15) is 5.56 Å². The van der Waals surface area contributed by atoms with Gasteiger partial charge in [-0.2, -0.15) is 0 Å². The van der Waals surface area contributed by atoms with Crippen molar-refractivity contribution in [2.45, 2.75) is 0 Å². The number of thiocarbonyl (C=S) groups is 1.